The second kappa shape index (κ2) is 8.27. The molecule has 0 unspecified atom stereocenters. The average Bonchev–Trinajstić information content (AvgIpc) is 2.60. The van der Waals surface area contributed by atoms with Gasteiger partial charge < -0.3 is 5.32 Å². The van der Waals surface area contributed by atoms with Crippen LogP contribution < -0.4 is 10.0 Å². The molecule has 0 saturated carbocycles. The highest BCUT2D eigenvalue weighted by atomic mass is 32.2. The maximum absolute atomic E-state index is 12.3. The minimum atomic E-state index is -3.72. The molecular formula is C19H24N2O3S. The fraction of sp³-hybridized carbons (Fsp3) is 0.316. The molecule has 0 radical (unpaired) electrons. The fourth-order valence-corrected chi connectivity index (χ4v) is 3.40. The summed E-state index contributed by atoms with van der Waals surface area (Å²) < 4.78 is 26.9. The van der Waals surface area contributed by atoms with Gasteiger partial charge in [-0.05, 0) is 41.7 Å². The molecule has 0 atom stereocenters. The summed E-state index contributed by atoms with van der Waals surface area (Å²) in [7, 11) is -3.72. The van der Waals surface area contributed by atoms with Crippen molar-refractivity contribution in [3.05, 3.63) is 59.7 Å². The predicted octanol–water partition coefficient (Wildman–Crippen LogP) is 3.29. The number of rotatable bonds is 7. The molecule has 0 aliphatic rings. The van der Waals surface area contributed by atoms with Gasteiger partial charge in [0, 0.05) is 5.69 Å². The van der Waals surface area contributed by atoms with E-state index < -0.39 is 15.9 Å². The molecule has 0 fully saturated rings. The number of hydrogen-bond donors (Lipinski definition) is 2. The Morgan fingerprint density at radius 2 is 1.68 bits per heavy atom. The zero-order valence-electron chi connectivity index (χ0n) is 14.7. The Hall–Kier alpha value is -2.18. The summed E-state index contributed by atoms with van der Waals surface area (Å²) in [5, 5.41) is 2.74. The summed E-state index contributed by atoms with van der Waals surface area (Å²) >= 11 is 0. The van der Waals surface area contributed by atoms with Crippen LogP contribution in [0.25, 0.3) is 0 Å². The second-order valence-corrected chi connectivity index (χ2v) is 7.87. The Balaban J connectivity index is 2.00. The average molecular weight is 360 g/mol. The quantitative estimate of drug-likeness (QED) is 0.795. The van der Waals surface area contributed by atoms with E-state index in [0.29, 0.717) is 11.6 Å². The molecule has 2 aromatic rings. The molecular weight excluding hydrogens is 336 g/mol. The smallest absolute Gasteiger partial charge is 0.241 e. The SMILES string of the molecule is CCc1ccccc1NC(=O)CNS(=O)(=O)c1ccc(C(C)C)cc1. The first kappa shape index (κ1) is 19.1. The summed E-state index contributed by atoms with van der Waals surface area (Å²) in [4.78, 5) is 12.2. The lowest BCUT2D eigenvalue weighted by atomic mass is 10.0. The van der Waals surface area contributed by atoms with E-state index in [4.69, 9.17) is 0 Å². The van der Waals surface area contributed by atoms with Crippen molar-refractivity contribution in [2.24, 2.45) is 0 Å². The third-order valence-corrected chi connectivity index (χ3v) is 5.37. The van der Waals surface area contributed by atoms with Gasteiger partial charge in [-0.3, -0.25) is 4.79 Å². The topological polar surface area (TPSA) is 75.3 Å². The number of nitrogens with one attached hydrogen (secondary N) is 2. The summed E-state index contributed by atoms with van der Waals surface area (Å²) in [5.74, 6) is -0.0719. The van der Waals surface area contributed by atoms with Crippen molar-refractivity contribution in [2.75, 3.05) is 11.9 Å². The molecule has 0 bridgehead atoms. The van der Waals surface area contributed by atoms with Crippen LogP contribution in [0.4, 0.5) is 5.69 Å². The highest BCUT2D eigenvalue weighted by Gasteiger charge is 2.16. The first-order valence-electron chi connectivity index (χ1n) is 8.31. The maximum Gasteiger partial charge on any atom is 0.241 e. The Bertz CT molecular complexity index is 828. The third-order valence-electron chi connectivity index (χ3n) is 3.95. The van der Waals surface area contributed by atoms with Gasteiger partial charge in [0.1, 0.15) is 0 Å². The number of carbonyl (C=O) groups is 1. The van der Waals surface area contributed by atoms with Gasteiger partial charge >= 0.3 is 0 Å². The maximum atomic E-state index is 12.3. The number of anilines is 1. The highest BCUT2D eigenvalue weighted by molar-refractivity contribution is 7.89. The van der Waals surface area contributed by atoms with Gasteiger partial charge in [-0.25, -0.2) is 13.1 Å². The van der Waals surface area contributed by atoms with Crippen LogP contribution in [0.5, 0.6) is 0 Å². The van der Waals surface area contributed by atoms with Crippen molar-refractivity contribution in [3.8, 4) is 0 Å². The zero-order chi connectivity index (χ0) is 18.4. The first-order valence-corrected chi connectivity index (χ1v) is 9.79. The standard InChI is InChI=1S/C19H24N2O3S/c1-4-15-7-5-6-8-18(15)21-19(22)13-20-25(23,24)17-11-9-16(10-12-17)14(2)3/h5-12,14,20H,4,13H2,1-3H3,(H,21,22). The van der Waals surface area contributed by atoms with E-state index in [1.807, 2.05) is 39.0 Å². The van der Waals surface area contributed by atoms with Gasteiger partial charge in [-0.15, -0.1) is 0 Å². The molecule has 2 aromatic carbocycles. The van der Waals surface area contributed by atoms with Crippen LogP contribution in [-0.4, -0.2) is 20.9 Å². The van der Waals surface area contributed by atoms with Gasteiger partial charge in [0.15, 0.2) is 0 Å². The van der Waals surface area contributed by atoms with Crippen LogP contribution in [0, 0.1) is 0 Å². The first-order chi connectivity index (χ1) is 11.8. The number of aryl methyl sites for hydroxylation is 1. The Morgan fingerprint density at radius 3 is 2.28 bits per heavy atom. The molecule has 0 aliphatic carbocycles. The van der Waals surface area contributed by atoms with E-state index in [-0.39, 0.29) is 11.4 Å². The molecule has 6 heteroatoms. The van der Waals surface area contributed by atoms with Crippen LogP contribution in [0.1, 0.15) is 37.8 Å². The lowest BCUT2D eigenvalue weighted by Crippen LogP contribution is -2.33. The van der Waals surface area contributed by atoms with Gasteiger partial charge in [0.2, 0.25) is 15.9 Å². The van der Waals surface area contributed by atoms with Crippen molar-refractivity contribution in [3.63, 3.8) is 0 Å². The van der Waals surface area contributed by atoms with E-state index in [1.54, 1.807) is 30.3 Å². The van der Waals surface area contributed by atoms with E-state index in [9.17, 15) is 13.2 Å². The van der Waals surface area contributed by atoms with Gasteiger partial charge in [0.25, 0.3) is 0 Å². The van der Waals surface area contributed by atoms with Crippen LogP contribution in [0.2, 0.25) is 0 Å². The number of benzene rings is 2. The molecule has 2 rings (SSSR count). The molecule has 1 amide bonds. The summed E-state index contributed by atoms with van der Waals surface area (Å²) in [5.41, 5.74) is 2.77. The number of carbonyl (C=O) groups excluding carboxylic acids is 1. The van der Waals surface area contributed by atoms with Crippen molar-refractivity contribution in [2.45, 2.75) is 38.0 Å². The predicted molar refractivity (Wildman–Crippen MR) is 100 cm³/mol. The van der Waals surface area contributed by atoms with Crippen LogP contribution >= 0.6 is 0 Å². The summed E-state index contributed by atoms with van der Waals surface area (Å²) in [6.07, 6.45) is 0.782. The molecule has 0 heterocycles. The van der Waals surface area contributed by atoms with E-state index in [0.717, 1.165) is 17.5 Å². The van der Waals surface area contributed by atoms with Gasteiger partial charge in [0.05, 0.1) is 11.4 Å². The zero-order valence-corrected chi connectivity index (χ0v) is 15.6. The minimum absolute atomic E-state index is 0.152. The Labute approximate surface area is 149 Å². The van der Waals surface area contributed by atoms with Crippen molar-refractivity contribution < 1.29 is 13.2 Å². The molecule has 5 nitrogen and oxygen atoms in total. The highest BCUT2D eigenvalue weighted by Crippen LogP contribution is 2.17. The summed E-state index contributed by atoms with van der Waals surface area (Å²) in [6, 6.07) is 14.1. The fourth-order valence-electron chi connectivity index (χ4n) is 2.42. The number of amides is 1. The third kappa shape index (κ3) is 5.14. The second-order valence-electron chi connectivity index (χ2n) is 6.11. The monoisotopic (exact) mass is 360 g/mol. The van der Waals surface area contributed by atoms with Crippen LogP contribution in [0.3, 0.4) is 0 Å². The van der Waals surface area contributed by atoms with Crippen molar-refractivity contribution in [1.82, 2.24) is 4.72 Å². The molecule has 2 N–H and O–H groups in total. The minimum Gasteiger partial charge on any atom is -0.325 e. The number of para-hydroxylation sites is 1. The van der Waals surface area contributed by atoms with Crippen LogP contribution in [-0.2, 0) is 21.2 Å². The van der Waals surface area contributed by atoms with E-state index in [2.05, 4.69) is 10.0 Å². The molecule has 25 heavy (non-hydrogen) atoms. The molecule has 0 aliphatic heterocycles. The summed E-state index contributed by atoms with van der Waals surface area (Å²) in [6.45, 7) is 5.77. The normalized spacial score (nSPS) is 11.5. The van der Waals surface area contributed by atoms with Gasteiger partial charge in [-0.2, -0.15) is 0 Å². The van der Waals surface area contributed by atoms with Gasteiger partial charge in [-0.1, -0.05) is 51.1 Å². The molecule has 0 aromatic heterocycles. The number of sulfonamides is 1. The lowest BCUT2D eigenvalue weighted by molar-refractivity contribution is -0.115. The largest absolute Gasteiger partial charge is 0.325 e. The Morgan fingerprint density at radius 1 is 1.04 bits per heavy atom. The van der Waals surface area contributed by atoms with Crippen molar-refractivity contribution >= 4 is 21.6 Å². The van der Waals surface area contributed by atoms with Crippen molar-refractivity contribution in [1.29, 1.82) is 0 Å². The number of hydrogen-bond acceptors (Lipinski definition) is 3. The molecule has 0 spiro atoms. The van der Waals surface area contributed by atoms with E-state index in [1.165, 1.54) is 0 Å². The molecule has 0 saturated heterocycles. The van der Waals surface area contributed by atoms with Crippen LogP contribution in [0.15, 0.2) is 53.4 Å². The van der Waals surface area contributed by atoms with E-state index >= 15 is 0 Å². The molecule has 134 valence electrons. The Kier molecular flexibility index (Phi) is 6.33. The lowest BCUT2D eigenvalue weighted by Gasteiger charge is -2.11.